The van der Waals surface area contributed by atoms with Crippen LogP contribution in [0.1, 0.15) is 31.7 Å². The van der Waals surface area contributed by atoms with Crippen molar-refractivity contribution in [2.24, 2.45) is 11.7 Å². The number of benzene rings is 1. The highest BCUT2D eigenvalue weighted by Crippen LogP contribution is 2.19. The van der Waals surface area contributed by atoms with Crippen LogP contribution in [0.15, 0.2) is 24.3 Å². The average molecular weight is 317 g/mol. The second-order valence-corrected chi connectivity index (χ2v) is 6.54. The molecule has 2 rings (SSSR count). The van der Waals surface area contributed by atoms with Crippen LogP contribution < -0.4 is 10.6 Å². The summed E-state index contributed by atoms with van der Waals surface area (Å²) in [6.45, 7) is 6.67. The zero-order valence-corrected chi connectivity index (χ0v) is 14.1. The third kappa shape index (κ3) is 5.27. The standard InChI is InChI=1S/C18H27N3O2/c1-14-6-9-20(10-7-14)18(23)13-21(11-8-17(19)22)16-5-3-4-15(2)12-16/h3-5,12,14H,6-11,13H2,1-2H3,(H2,19,22). The van der Waals surface area contributed by atoms with Gasteiger partial charge in [0.1, 0.15) is 0 Å². The lowest BCUT2D eigenvalue weighted by Gasteiger charge is -2.33. The van der Waals surface area contributed by atoms with E-state index in [1.807, 2.05) is 41.0 Å². The molecule has 1 aromatic rings. The fraction of sp³-hybridized carbons (Fsp3) is 0.556. The zero-order valence-electron chi connectivity index (χ0n) is 14.1. The molecule has 1 saturated heterocycles. The number of amides is 2. The minimum absolute atomic E-state index is 0.128. The Balaban J connectivity index is 2.04. The zero-order chi connectivity index (χ0) is 16.8. The molecule has 0 radical (unpaired) electrons. The smallest absolute Gasteiger partial charge is 0.242 e. The highest BCUT2D eigenvalue weighted by Gasteiger charge is 2.22. The number of anilines is 1. The molecule has 2 amide bonds. The van der Waals surface area contributed by atoms with Gasteiger partial charge in [-0.2, -0.15) is 0 Å². The second kappa shape index (κ2) is 7.99. The first-order valence-corrected chi connectivity index (χ1v) is 8.33. The Morgan fingerprint density at radius 3 is 2.61 bits per heavy atom. The predicted octanol–water partition coefficient (Wildman–Crippen LogP) is 1.94. The van der Waals surface area contributed by atoms with Crippen molar-refractivity contribution in [3.05, 3.63) is 29.8 Å². The molecule has 0 aliphatic carbocycles. The lowest BCUT2D eigenvalue weighted by molar-refractivity contribution is -0.131. The van der Waals surface area contributed by atoms with Gasteiger partial charge in [-0.25, -0.2) is 0 Å². The van der Waals surface area contributed by atoms with E-state index in [9.17, 15) is 9.59 Å². The van der Waals surface area contributed by atoms with Crippen molar-refractivity contribution >= 4 is 17.5 Å². The van der Waals surface area contributed by atoms with Crippen molar-refractivity contribution in [3.63, 3.8) is 0 Å². The van der Waals surface area contributed by atoms with E-state index in [0.29, 0.717) is 19.0 Å². The summed E-state index contributed by atoms with van der Waals surface area (Å²) >= 11 is 0. The number of primary amides is 1. The van der Waals surface area contributed by atoms with Crippen LogP contribution in [0, 0.1) is 12.8 Å². The van der Waals surface area contributed by atoms with Gasteiger partial charge in [0.2, 0.25) is 11.8 Å². The Morgan fingerprint density at radius 2 is 2.00 bits per heavy atom. The van der Waals surface area contributed by atoms with E-state index in [1.165, 1.54) is 0 Å². The van der Waals surface area contributed by atoms with Crippen molar-refractivity contribution in [2.45, 2.75) is 33.1 Å². The SMILES string of the molecule is Cc1cccc(N(CCC(N)=O)CC(=O)N2CCC(C)CC2)c1. The summed E-state index contributed by atoms with van der Waals surface area (Å²) in [5, 5.41) is 0. The van der Waals surface area contributed by atoms with E-state index in [0.717, 1.165) is 37.2 Å². The number of carbonyl (C=O) groups is 2. The van der Waals surface area contributed by atoms with E-state index < -0.39 is 0 Å². The monoisotopic (exact) mass is 317 g/mol. The van der Waals surface area contributed by atoms with Crippen LogP contribution >= 0.6 is 0 Å². The lowest BCUT2D eigenvalue weighted by atomic mass is 9.99. The Hall–Kier alpha value is -2.04. The average Bonchev–Trinajstić information content (AvgIpc) is 2.51. The molecule has 1 heterocycles. The molecule has 1 aliphatic rings. The minimum Gasteiger partial charge on any atom is -0.370 e. The van der Waals surface area contributed by atoms with E-state index in [2.05, 4.69) is 6.92 Å². The molecular formula is C18H27N3O2. The van der Waals surface area contributed by atoms with Gasteiger partial charge < -0.3 is 15.5 Å². The maximum atomic E-state index is 12.6. The number of piperidine rings is 1. The first-order valence-electron chi connectivity index (χ1n) is 8.33. The summed E-state index contributed by atoms with van der Waals surface area (Å²) < 4.78 is 0. The molecule has 1 fully saturated rings. The van der Waals surface area contributed by atoms with Crippen molar-refractivity contribution in [1.29, 1.82) is 0 Å². The topological polar surface area (TPSA) is 66.6 Å². The molecule has 5 nitrogen and oxygen atoms in total. The highest BCUT2D eigenvalue weighted by atomic mass is 16.2. The van der Waals surface area contributed by atoms with Gasteiger partial charge in [0.15, 0.2) is 0 Å². The first-order chi connectivity index (χ1) is 11.0. The van der Waals surface area contributed by atoms with Gasteiger partial charge >= 0.3 is 0 Å². The fourth-order valence-corrected chi connectivity index (χ4v) is 2.89. The van der Waals surface area contributed by atoms with Gasteiger partial charge in [0.25, 0.3) is 0 Å². The van der Waals surface area contributed by atoms with Crippen LogP contribution in [0.2, 0.25) is 0 Å². The minimum atomic E-state index is -0.345. The third-order valence-corrected chi connectivity index (χ3v) is 4.46. The number of nitrogens with zero attached hydrogens (tertiary/aromatic N) is 2. The van der Waals surface area contributed by atoms with Crippen molar-refractivity contribution in [1.82, 2.24) is 4.90 Å². The number of rotatable bonds is 6. The van der Waals surface area contributed by atoms with Crippen LogP contribution in [0.25, 0.3) is 0 Å². The van der Waals surface area contributed by atoms with E-state index >= 15 is 0 Å². The lowest BCUT2D eigenvalue weighted by Crippen LogP contribution is -2.44. The molecule has 0 atom stereocenters. The number of carbonyl (C=O) groups excluding carboxylic acids is 2. The van der Waals surface area contributed by atoms with Crippen LogP contribution in [0.4, 0.5) is 5.69 Å². The summed E-state index contributed by atoms with van der Waals surface area (Å²) in [5.74, 6) is 0.478. The van der Waals surface area contributed by atoms with Crippen LogP contribution in [0.5, 0.6) is 0 Å². The first kappa shape index (κ1) is 17.3. The van der Waals surface area contributed by atoms with E-state index in [1.54, 1.807) is 0 Å². The summed E-state index contributed by atoms with van der Waals surface area (Å²) in [5.41, 5.74) is 7.37. The Kier molecular flexibility index (Phi) is 6.02. The third-order valence-electron chi connectivity index (χ3n) is 4.46. The molecule has 0 bridgehead atoms. The molecule has 0 saturated carbocycles. The van der Waals surface area contributed by atoms with Gasteiger partial charge in [0.05, 0.1) is 6.54 Å². The largest absolute Gasteiger partial charge is 0.370 e. The molecule has 1 aliphatic heterocycles. The number of aryl methyl sites for hydroxylation is 1. The van der Waals surface area contributed by atoms with Crippen molar-refractivity contribution in [2.75, 3.05) is 31.1 Å². The van der Waals surface area contributed by atoms with Gasteiger partial charge in [0, 0.05) is 31.7 Å². The normalized spacial score (nSPS) is 15.5. The molecule has 0 unspecified atom stereocenters. The maximum absolute atomic E-state index is 12.6. The predicted molar refractivity (Wildman–Crippen MR) is 92.2 cm³/mol. The molecule has 126 valence electrons. The summed E-state index contributed by atoms with van der Waals surface area (Å²) in [4.78, 5) is 27.6. The van der Waals surface area contributed by atoms with Gasteiger partial charge in [-0.05, 0) is 43.4 Å². The Morgan fingerprint density at radius 1 is 1.30 bits per heavy atom. The quantitative estimate of drug-likeness (QED) is 0.872. The molecular weight excluding hydrogens is 290 g/mol. The van der Waals surface area contributed by atoms with Gasteiger partial charge in [-0.3, -0.25) is 9.59 Å². The van der Waals surface area contributed by atoms with E-state index in [-0.39, 0.29) is 18.2 Å². The van der Waals surface area contributed by atoms with Gasteiger partial charge in [-0.1, -0.05) is 19.1 Å². The van der Waals surface area contributed by atoms with E-state index in [4.69, 9.17) is 5.73 Å². The van der Waals surface area contributed by atoms with Crippen molar-refractivity contribution in [3.8, 4) is 0 Å². The number of nitrogens with two attached hydrogens (primary N) is 1. The fourth-order valence-electron chi connectivity index (χ4n) is 2.89. The molecule has 23 heavy (non-hydrogen) atoms. The highest BCUT2D eigenvalue weighted by molar-refractivity contribution is 5.82. The molecule has 1 aromatic carbocycles. The molecule has 2 N–H and O–H groups in total. The Labute approximate surface area is 138 Å². The van der Waals surface area contributed by atoms with Crippen molar-refractivity contribution < 1.29 is 9.59 Å². The van der Waals surface area contributed by atoms with Crippen LogP contribution in [0.3, 0.4) is 0 Å². The molecule has 0 aromatic heterocycles. The molecule has 5 heteroatoms. The summed E-state index contributed by atoms with van der Waals surface area (Å²) in [6.07, 6.45) is 2.38. The number of likely N-dealkylation sites (tertiary alicyclic amines) is 1. The summed E-state index contributed by atoms with van der Waals surface area (Å²) in [6, 6.07) is 7.99. The number of hydrogen-bond acceptors (Lipinski definition) is 3. The van der Waals surface area contributed by atoms with Crippen LogP contribution in [-0.4, -0.2) is 42.9 Å². The Bertz CT molecular complexity index is 551. The second-order valence-electron chi connectivity index (χ2n) is 6.54. The molecule has 0 spiro atoms. The maximum Gasteiger partial charge on any atom is 0.242 e. The number of hydrogen-bond donors (Lipinski definition) is 1. The summed E-state index contributed by atoms with van der Waals surface area (Å²) in [7, 11) is 0. The van der Waals surface area contributed by atoms with Gasteiger partial charge in [-0.15, -0.1) is 0 Å². The van der Waals surface area contributed by atoms with Crippen LogP contribution in [-0.2, 0) is 9.59 Å².